The minimum atomic E-state index is -1.79. The molecule has 0 bridgehead atoms. The molecule has 4 aromatic rings. The van der Waals surface area contributed by atoms with Crippen LogP contribution in [0.5, 0.6) is 0 Å². The molecule has 0 saturated carbocycles. The van der Waals surface area contributed by atoms with Crippen molar-refractivity contribution in [3.8, 4) is 11.1 Å². The third-order valence-corrected chi connectivity index (χ3v) is 11.6. The summed E-state index contributed by atoms with van der Waals surface area (Å²) in [5, 5.41) is 5.80. The molecule has 2 aliphatic rings. The summed E-state index contributed by atoms with van der Waals surface area (Å²) in [5.74, 6) is 0.310. The Bertz CT molecular complexity index is 1170. The van der Waals surface area contributed by atoms with Crippen LogP contribution >= 0.6 is 11.1 Å². The summed E-state index contributed by atoms with van der Waals surface area (Å²) in [7, 11) is -1.79. The smallest absolute Gasteiger partial charge is 1.00 e. The van der Waals surface area contributed by atoms with Gasteiger partial charge in [0.15, 0.2) is 0 Å². The van der Waals surface area contributed by atoms with Crippen LogP contribution in [0.4, 0.5) is 0 Å². The van der Waals surface area contributed by atoms with Crippen molar-refractivity contribution in [2.45, 2.75) is 18.9 Å². The van der Waals surface area contributed by atoms with E-state index >= 15 is 0 Å². The van der Waals surface area contributed by atoms with E-state index in [2.05, 4.69) is 79.7 Å². The van der Waals surface area contributed by atoms with Crippen molar-refractivity contribution >= 4 is 39.6 Å². The number of fused-ring (bicyclic) bond motifs is 6. The molecule has 1 aliphatic carbocycles. The average Bonchev–Trinajstić information content (AvgIpc) is 3.01. The Morgan fingerprint density at radius 1 is 0.828 bits per heavy atom. The zero-order valence-corrected chi connectivity index (χ0v) is 20.7. The first-order valence-electron chi connectivity index (χ1n) is 9.34. The molecule has 1 radical (unpaired) electrons. The van der Waals surface area contributed by atoms with Crippen LogP contribution in [0, 0.1) is 0 Å². The molecule has 143 valence electrons. The maximum absolute atomic E-state index is 7.04. The maximum atomic E-state index is 7.04. The van der Waals surface area contributed by atoms with Crippen LogP contribution in [0.25, 0.3) is 21.9 Å². The van der Waals surface area contributed by atoms with Gasteiger partial charge in [-0.25, -0.2) is 0 Å². The molecular formula is C24H18Cl3SiTi. The van der Waals surface area contributed by atoms with Crippen molar-refractivity contribution in [1.29, 1.82) is 0 Å². The van der Waals surface area contributed by atoms with Gasteiger partial charge in [0.1, 0.15) is 7.38 Å². The molecule has 5 heteroatoms. The van der Waals surface area contributed by atoms with E-state index in [9.17, 15) is 0 Å². The quantitative estimate of drug-likeness (QED) is 0.176. The molecule has 0 saturated heterocycles. The first-order valence-corrected chi connectivity index (χ1v) is 12.6. The molecule has 0 aromatic heterocycles. The van der Waals surface area contributed by atoms with E-state index in [4.69, 9.17) is 11.1 Å². The van der Waals surface area contributed by atoms with Crippen molar-refractivity contribution in [2.24, 2.45) is 0 Å². The summed E-state index contributed by atoms with van der Waals surface area (Å²) in [4.78, 5) is 0. The van der Waals surface area contributed by atoms with Crippen LogP contribution in [-0.2, 0) is 21.7 Å². The van der Waals surface area contributed by atoms with Gasteiger partial charge < -0.3 is 24.8 Å². The summed E-state index contributed by atoms with van der Waals surface area (Å²) in [5.41, 5.74) is 7.04. The summed E-state index contributed by atoms with van der Waals surface area (Å²) in [6, 6.07) is 28.0. The summed E-state index contributed by atoms with van der Waals surface area (Å²) >= 11 is 7.04. The number of hydrogen-bond acceptors (Lipinski definition) is 0. The second-order valence-electron chi connectivity index (χ2n) is 7.51. The molecular weight excluding hydrogens is 471 g/mol. The van der Waals surface area contributed by atoms with Crippen LogP contribution in [0.2, 0.25) is 6.04 Å². The summed E-state index contributed by atoms with van der Waals surface area (Å²) in [6.45, 7) is 2.24. The van der Waals surface area contributed by atoms with Crippen LogP contribution in [-0.4, -0.2) is 7.38 Å². The van der Waals surface area contributed by atoms with E-state index in [0.29, 0.717) is 5.92 Å². The van der Waals surface area contributed by atoms with Gasteiger partial charge in [0.25, 0.3) is 0 Å². The standard InChI is InChI=1S/C24H18ClSi.2ClH.Ti/c1-2-26(25)21-14-15-8-7-13-20(22(15)24(21)26)23-18-11-5-3-9-16(18)17-10-4-6-12-19(17)23;;;/h3-14,23H,2H2,1H3;2*1H;/q-1;;;+3/p-2. The van der Waals surface area contributed by atoms with Crippen LogP contribution < -0.4 is 35.2 Å². The second kappa shape index (κ2) is 7.96. The Labute approximate surface area is 204 Å². The van der Waals surface area contributed by atoms with Gasteiger partial charge in [0.05, 0.1) is 0 Å². The van der Waals surface area contributed by atoms with Gasteiger partial charge in [-0.1, -0.05) is 67.1 Å². The monoisotopic (exact) mass is 487 g/mol. The average molecular weight is 489 g/mol. The molecule has 1 atom stereocenters. The molecule has 29 heavy (non-hydrogen) atoms. The molecule has 4 aromatic carbocycles. The van der Waals surface area contributed by atoms with Crippen molar-refractivity contribution in [2.75, 3.05) is 0 Å². The third-order valence-electron chi connectivity index (χ3n) is 6.34. The zero-order chi connectivity index (χ0) is 17.5. The van der Waals surface area contributed by atoms with Gasteiger partial charge in [0.2, 0.25) is 0 Å². The van der Waals surface area contributed by atoms with Gasteiger partial charge in [-0.15, -0.1) is 39.3 Å². The minimum absolute atomic E-state index is 0. The van der Waals surface area contributed by atoms with Crippen LogP contribution in [0.15, 0.2) is 72.8 Å². The number of benzene rings is 3. The fourth-order valence-electron chi connectivity index (χ4n) is 5.09. The van der Waals surface area contributed by atoms with Crippen molar-refractivity contribution in [3.63, 3.8) is 0 Å². The Morgan fingerprint density at radius 3 is 1.97 bits per heavy atom. The second-order valence-corrected chi connectivity index (χ2v) is 12.8. The molecule has 1 heterocycles. The van der Waals surface area contributed by atoms with Gasteiger partial charge in [0, 0.05) is 5.92 Å². The molecule has 6 rings (SSSR count). The van der Waals surface area contributed by atoms with E-state index < -0.39 is 7.38 Å². The molecule has 0 spiro atoms. The third kappa shape index (κ3) is 2.94. The SMILES string of the molecule is CC[Si]1(Cl)c2[cH-]c3cccc(C4c5ccccc5-c5ccccc54)c3c21.[Cl-].[Cl-].[Ti+3]. The Kier molecular flexibility index (Phi) is 6.25. The largest absolute Gasteiger partial charge is 3.00 e. The first-order chi connectivity index (χ1) is 12.7. The van der Waals surface area contributed by atoms with Crippen LogP contribution in [0.1, 0.15) is 29.5 Å². The zero-order valence-electron chi connectivity index (χ0n) is 15.8. The first kappa shape index (κ1) is 22.7. The van der Waals surface area contributed by atoms with Gasteiger partial charge in [-0.3, -0.25) is 0 Å². The van der Waals surface area contributed by atoms with Gasteiger partial charge in [-0.2, -0.15) is 11.1 Å². The molecule has 1 unspecified atom stereocenters. The van der Waals surface area contributed by atoms with Gasteiger partial charge >= 0.3 is 21.7 Å². The van der Waals surface area contributed by atoms with E-state index in [1.54, 1.807) is 0 Å². The number of halogens is 3. The molecule has 1 aliphatic heterocycles. The Hall–Kier alpha value is -0.929. The molecule has 0 N–H and O–H groups in total. The predicted octanol–water partition coefficient (Wildman–Crippen LogP) is -0.643. The van der Waals surface area contributed by atoms with E-state index in [1.807, 2.05) is 0 Å². The topological polar surface area (TPSA) is 0 Å². The fourth-order valence-corrected chi connectivity index (χ4v) is 9.31. The van der Waals surface area contributed by atoms with E-state index in [-0.39, 0.29) is 46.5 Å². The summed E-state index contributed by atoms with van der Waals surface area (Å²) in [6.07, 6.45) is 0. The van der Waals surface area contributed by atoms with E-state index in [0.717, 1.165) is 6.04 Å². The Morgan fingerprint density at radius 2 is 1.38 bits per heavy atom. The normalized spacial score (nSPS) is 18.0. The minimum Gasteiger partial charge on any atom is -1.00 e. The van der Waals surface area contributed by atoms with Crippen molar-refractivity contribution < 1.29 is 46.5 Å². The summed E-state index contributed by atoms with van der Waals surface area (Å²) < 4.78 is 0. The van der Waals surface area contributed by atoms with E-state index in [1.165, 1.54) is 49.0 Å². The van der Waals surface area contributed by atoms with Crippen molar-refractivity contribution in [1.82, 2.24) is 0 Å². The number of rotatable bonds is 2. The molecule has 0 amide bonds. The molecule has 0 nitrogen and oxygen atoms in total. The predicted molar refractivity (Wildman–Crippen MR) is 114 cm³/mol. The van der Waals surface area contributed by atoms with Gasteiger partial charge in [-0.05, 0) is 28.3 Å². The maximum Gasteiger partial charge on any atom is 3.00 e. The Balaban J connectivity index is 0.000000801. The fraction of sp³-hybridized carbons (Fsp3) is 0.125. The van der Waals surface area contributed by atoms with Crippen LogP contribution in [0.3, 0.4) is 0 Å². The molecule has 0 fully saturated rings. The van der Waals surface area contributed by atoms with Crippen molar-refractivity contribution in [3.05, 3.63) is 89.5 Å². The number of hydrogen-bond donors (Lipinski definition) is 0.